The largest absolute Gasteiger partial charge is 0.494 e. The van der Waals surface area contributed by atoms with Crippen molar-refractivity contribution in [3.8, 4) is 17.4 Å². The van der Waals surface area contributed by atoms with Crippen LogP contribution in [-0.2, 0) is 0 Å². The number of benzene rings is 1. The fraction of sp³-hybridized carbons (Fsp3) is 0.273. The average molecular weight is 234 g/mol. The molecule has 0 saturated carbocycles. The Morgan fingerprint density at radius 3 is 2.53 bits per heavy atom. The molecule has 0 spiro atoms. The number of aromatic nitrogens is 3. The summed E-state index contributed by atoms with van der Waals surface area (Å²) in [5.74, 6) is 1.09. The summed E-state index contributed by atoms with van der Waals surface area (Å²) in [5.41, 5.74) is 6.53. The summed E-state index contributed by atoms with van der Waals surface area (Å²) in [6.45, 7) is 2.58. The van der Waals surface area contributed by atoms with Crippen molar-refractivity contribution < 1.29 is 9.47 Å². The first-order valence-electron chi connectivity index (χ1n) is 5.24. The smallest absolute Gasteiger partial charge is 0.337 e. The Morgan fingerprint density at radius 2 is 2.00 bits per heavy atom. The summed E-state index contributed by atoms with van der Waals surface area (Å²) in [5, 5.41) is 4.09. The van der Waals surface area contributed by atoms with Crippen molar-refractivity contribution in [1.29, 1.82) is 0 Å². The van der Waals surface area contributed by atoms with Crippen molar-refractivity contribution in [3.05, 3.63) is 24.3 Å². The number of nitrogens with zero attached hydrogens (tertiary/aromatic N) is 3. The third kappa shape index (κ3) is 2.30. The molecule has 90 valence electrons. The minimum atomic E-state index is 0.247. The van der Waals surface area contributed by atoms with Gasteiger partial charge in [-0.05, 0) is 31.2 Å². The molecular weight excluding hydrogens is 220 g/mol. The molecule has 1 aromatic carbocycles. The first kappa shape index (κ1) is 11.3. The number of nitrogens with two attached hydrogens (primary N) is 1. The van der Waals surface area contributed by atoms with Crippen molar-refractivity contribution in [3.63, 3.8) is 0 Å². The molecule has 1 aromatic heterocycles. The van der Waals surface area contributed by atoms with E-state index in [0.29, 0.717) is 6.61 Å². The molecule has 0 aliphatic heterocycles. The van der Waals surface area contributed by atoms with E-state index in [1.165, 1.54) is 11.8 Å². The summed E-state index contributed by atoms with van der Waals surface area (Å²) in [7, 11) is 1.50. The number of methoxy groups -OCH3 is 1. The molecule has 6 nitrogen and oxygen atoms in total. The third-order valence-corrected chi connectivity index (χ3v) is 2.19. The van der Waals surface area contributed by atoms with E-state index in [1.54, 1.807) is 0 Å². The van der Waals surface area contributed by atoms with Gasteiger partial charge >= 0.3 is 6.01 Å². The lowest BCUT2D eigenvalue weighted by atomic mass is 10.3. The van der Waals surface area contributed by atoms with Gasteiger partial charge in [0.05, 0.1) is 19.4 Å². The zero-order chi connectivity index (χ0) is 12.3. The summed E-state index contributed by atoms with van der Waals surface area (Å²) in [4.78, 5) is 3.94. The number of hydrogen-bond acceptors (Lipinski definition) is 5. The zero-order valence-corrected chi connectivity index (χ0v) is 9.75. The predicted octanol–water partition coefficient (Wildman–Crippen LogP) is 1.26. The molecule has 0 aliphatic rings. The van der Waals surface area contributed by atoms with Gasteiger partial charge in [-0.25, -0.2) is 0 Å². The second-order valence-corrected chi connectivity index (χ2v) is 3.30. The molecule has 0 radical (unpaired) electrons. The Morgan fingerprint density at radius 1 is 1.29 bits per heavy atom. The van der Waals surface area contributed by atoms with Crippen LogP contribution in [0.1, 0.15) is 6.92 Å². The van der Waals surface area contributed by atoms with Crippen LogP contribution in [0.2, 0.25) is 0 Å². The van der Waals surface area contributed by atoms with E-state index in [2.05, 4.69) is 10.1 Å². The van der Waals surface area contributed by atoms with Crippen LogP contribution in [0.25, 0.3) is 5.69 Å². The van der Waals surface area contributed by atoms with Crippen LogP contribution in [-0.4, -0.2) is 28.5 Å². The Balaban J connectivity index is 2.29. The van der Waals surface area contributed by atoms with E-state index in [4.69, 9.17) is 15.2 Å². The highest BCUT2D eigenvalue weighted by molar-refractivity contribution is 5.41. The molecule has 2 rings (SSSR count). The van der Waals surface area contributed by atoms with Crippen molar-refractivity contribution in [1.82, 2.24) is 14.8 Å². The van der Waals surface area contributed by atoms with Crippen LogP contribution >= 0.6 is 0 Å². The van der Waals surface area contributed by atoms with Crippen LogP contribution in [0, 0.1) is 0 Å². The van der Waals surface area contributed by atoms with Gasteiger partial charge in [0.15, 0.2) is 0 Å². The molecule has 0 unspecified atom stereocenters. The number of ether oxygens (including phenoxy) is 2. The first-order valence-corrected chi connectivity index (χ1v) is 5.24. The molecule has 6 heteroatoms. The quantitative estimate of drug-likeness (QED) is 0.861. The Hall–Kier alpha value is -2.24. The third-order valence-electron chi connectivity index (χ3n) is 2.19. The lowest BCUT2D eigenvalue weighted by molar-refractivity contribution is 0.340. The molecule has 1 heterocycles. The molecule has 0 fully saturated rings. The highest BCUT2D eigenvalue weighted by atomic mass is 16.5. The van der Waals surface area contributed by atoms with Crippen LogP contribution < -0.4 is 15.2 Å². The van der Waals surface area contributed by atoms with Gasteiger partial charge < -0.3 is 15.2 Å². The second-order valence-electron chi connectivity index (χ2n) is 3.30. The molecule has 0 amide bonds. The molecule has 0 aliphatic carbocycles. The first-order chi connectivity index (χ1) is 8.24. The summed E-state index contributed by atoms with van der Waals surface area (Å²) in [6.07, 6.45) is 0. The van der Waals surface area contributed by atoms with Crippen molar-refractivity contribution in [2.75, 3.05) is 19.5 Å². The van der Waals surface area contributed by atoms with E-state index >= 15 is 0 Å². The van der Waals surface area contributed by atoms with Crippen LogP contribution in [0.15, 0.2) is 24.3 Å². The van der Waals surface area contributed by atoms with Crippen molar-refractivity contribution in [2.45, 2.75) is 6.92 Å². The fourth-order valence-electron chi connectivity index (χ4n) is 1.43. The standard InChI is InChI=1S/C11H14N4O2/c1-3-17-9-6-4-8(5-7-9)15-10(12)13-11(14-15)16-2/h4-7H,3H2,1-2H3,(H2,12,13,14). The normalized spacial score (nSPS) is 10.2. The maximum Gasteiger partial charge on any atom is 0.337 e. The van der Waals surface area contributed by atoms with E-state index in [1.807, 2.05) is 31.2 Å². The lowest BCUT2D eigenvalue weighted by Crippen LogP contribution is -2.02. The molecule has 0 atom stereocenters. The molecule has 0 bridgehead atoms. The Kier molecular flexibility index (Phi) is 3.13. The number of rotatable bonds is 4. The predicted molar refractivity (Wildman–Crippen MR) is 63.5 cm³/mol. The molecular formula is C11H14N4O2. The maximum absolute atomic E-state index is 5.72. The van der Waals surface area contributed by atoms with Gasteiger partial charge in [0.2, 0.25) is 5.95 Å². The van der Waals surface area contributed by atoms with Gasteiger partial charge in [0.1, 0.15) is 5.75 Å². The highest BCUT2D eigenvalue weighted by Crippen LogP contribution is 2.18. The lowest BCUT2D eigenvalue weighted by Gasteiger charge is -2.05. The molecule has 17 heavy (non-hydrogen) atoms. The topological polar surface area (TPSA) is 75.2 Å². The van der Waals surface area contributed by atoms with E-state index in [-0.39, 0.29) is 12.0 Å². The van der Waals surface area contributed by atoms with Gasteiger partial charge in [0.25, 0.3) is 0 Å². The van der Waals surface area contributed by atoms with Gasteiger partial charge in [-0.3, -0.25) is 0 Å². The summed E-state index contributed by atoms with van der Waals surface area (Å²) in [6, 6.07) is 7.67. The van der Waals surface area contributed by atoms with E-state index in [9.17, 15) is 0 Å². The minimum absolute atomic E-state index is 0.247. The van der Waals surface area contributed by atoms with Gasteiger partial charge in [-0.15, -0.1) is 5.10 Å². The van der Waals surface area contributed by atoms with Gasteiger partial charge in [0, 0.05) is 0 Å². The van der Waals surface area contributed by atoms with Gasteiger partial charge in [-0.1, -0.05) is 0 Å². The van der Waals surface area contributed by atoms with Gasteiger partial charge in [-0.2, -0.15) is 9.67 Å². The second kappa shape index (κ2) is 4.73. The van der Waals surface area contributed by atoms with Crippen LogP contribution in [0.4, 0.5) is 5.95 Å². The summed E-state index contributed by atoms with van der Waals surface area (Å²) < 4.78 is 11.8. The monoisotopic (exact) mass is 234 g/mol. The SMILES string of the molecule is CCOc1ccc(-n2nc(OC)nc2N)cc1. The summed E-state index contributed by atoms with van der Waals surface area (Å²) >= 11 is 0. The Bertz CT molecular complexity index is 493. The fourth-order valence-corrected chi connectivity index (χ4v) is 1.43. The van der Waals surface area contributed by atoms with Crippen LogP contribution in [0.3, 0.4) is 0 Å². The maximum atomic E-state index is 5.72. The minimum Gasteiger partial charge on any atom is -0.494 e. The van der Waals surface area contributed by atoms with Crippen LogP contribution in [0.5, 0.6) is 11.8 Å². The number of hydrogen-bond donors (Lipinski definition) is 1. The van der Waals surface area contributed by atoms with E-state index < -0.39 is 0 Å². The number of anilines is 1. The number of nitrogen functional groups attached to an aromatic ring is 1. The van der Waals surface area contributed by atoms with Crippen molar-refractivity contribution in [2.24, 2.45) is 0 Å². The Labute approximate surface area is 99.0 Å². The molecule has 0 saturated heterocycles. The molecule has 2 aromatic rings. The zero-order valence-electron chi connectivity index (χ0n) is 9.75. The highest BCUT2D eigenvalue weighted by Gasteiger charge is 2.08. The average Bonchev–Trinajstić information content (AvgIpc) is 2.72. The van der Waals surface area contributed by atoms with E-state index in [0.717, 1.165) is 11.4 Å². The molecule has 2 N–H and O–H groups in total. The van der Waals surface area contributed by atoms with Crippen molar-refractivity contribution >= 4 is 5.95 Å².